The molecule has 1 fully saturated rings. The van der Waals surface area contributed by atoms with Gasteiger partial charge >= 0.3 is 0 Å². The van der Waals surface area contributed by atoms with Crippen molar-refractivity contribution in [1.82, 2.24) is 5.32 Å². The zero-order valence-corrected chi connectivity index (χ0v) is 13.6. The third kappa shape index (κ3) is 3.39. The predicted octanol–water partition coefficient (Wildman–Crippen LogP) is 3.78. The van der Waals surface area contributed by atoms with Crippen molar-refractivity contribution in [2.75, 3.05) is 6.61 Å². The minimum Gasteiger partial charge on any atom is -0.378 e. The van der Waals surface area contributed by atoms with E-state index in [-0.39, 0.29) is 5.41 Å². The van der Waals surface area contributed by atoms with Gasteiger partial charge in [0.1, 0.15) is 0 Å². The molecule has 1 N–H and O–H groups in total. The fraction of sp³-hybridized carbons (Fsp3) is 0.750. The van der Waals surface area contributed by atoms with E-state index in [1.165, 1.54) is 9.75 Å². The van der Waals surface area contributed by atoms with E-state index in [4.69, 9.17) is 4.74 Å². The van der Waals surface area contributed by atoms with E-state index in [1.54, 1.807) is 0 Å². The van der Waals surface area contributed by atoms with E-state index in [9.17, 15) is 0 Å². The molecule has 1 aromatic heterocycles. The minimum atomic E-state index is 0.260. The molecule has 0 saturated heterocycles. The molecule has 1 aliphatic carbocycles. The molecule has 19 heavy (non-hydrogen) atoms. The van der Waals surface area contributed by atoms with E-state index in [0.717, 1.165) is 19.4 Å². The van der Waals surface area contributed by atoms with E-state index >= 15 is 0 Å². The first kappa shape index (κ1) is 15.0. The fourth-order valence-corrected chi connectivity index (χ4v) is 3.97. The molecule has 108 valence electrons. The van der Waals surface area contributed by atoms with Crippen molar-refractivity contribution in [3.8, 4) is 0 Å². The van der Waals surface area contributed by atoms with E-state index in [0.29, 0.717) is 18.2 Å². The van der Waals surface area contributed by atoms with Gasteiger partial charge in [-0.15, -0.1) is 11.3 Å². The maximum Gasteiger partial charge on any atom is 0.0655 e. The molecule has 1 aromatic rings. The molecule has 0 spiro atoms. The Hall–Kier alpha value is -0.380. The summed E-state index contributed by atoms with van der Waals surface area (Å²) >= 11 is 1.91. The number of nitrogens with one attached hydrogen (secondary N) is 1. The largest absolute Gasteiger partial charge is 0.378 e. The minimum absolute atomic E-state index is 0.260. The Morgan fingerprint density at radius 2 is 2.21 bits per heavy atom. The van der Waals surface area contributed by atoms with Crippen LogP contribution in [0, 0.1) is 12.3 Å². The highest BCUT2D eigenvalue weighted by Crippen LogP contribution is 2.43. The van der Waals surface area contributed by atoms with Crippen LogP contribution in [0.25, 0.3) is 0 Å². The van der Waals surface area contributed by atoms with Crippen molar-refractivity contribution in [2.45, 2.75) is 65.6 Å². The lowest BCUT2D eigenvalue weighted by atomic mass is 9.64. The monoisotopic (exact) mass is 281 g/mol. The van der Waals surface area contributed by atoms with Gasteiger partial charge < -0.3 is 10.1 Å². The van der Waals surface area contributed by atoms with Crippen LogP contribution in [0.15, 0.2) is 12.1 Å². The van der Waals surface area contributed by atoms with Crippen molar-refractivity contribution < 1.29 is 4.74 Å². The zero-order chi connectivity index (χ0) is 14.0. The van der Waals surface area contributed by atoms with Gasteiger partial charge in [-0.2, -0.15) is 0 Å². The molecule has 1 aliphatic rings. The summed E-state index contributed by atoms with van der Waals surface area (Å²) in [6.45, 7) is 12.0. The number of hydrogen-bond acceptors (Lipinski definition) is 3. The van der Waals surface area contributed by atoms with Crippen molar-refractivity contribution >= 4 is 11.3 Å². The molecular weight excluding hydrogens is 254 g/mol. The summed E-state index contributed by atoms with van der Waals surface area (Å²) in [5, 5.41) is 3.78. The van der Waals surface area contributed by atoms with Crippen molar-refractivity contribution in [1.29, 1.82) is 0 Å². The van der Waals surface area contributed by atoms with Crippen LogP contribution in [0.5, 0.6) is 0 Å². The van der Waals surface area contributed by atoms with E-state index in [1.807, 2.05) is 11.3 Å². The lowest BCUT2D eigenvalue weighted by Crippen LogP contribution is -2.62. The second-order valence-corrected chi connectivity index (χ2v) is 7.71. The summed E-state index contributed by atoms with van der Waals surface area (Å²) < 4.78 is 5.79. The number of aryl methyl sites for hydroxylation is 1. The molecule has 0 aliphatic heterocycles. The number of hydrogen-bond donors (Lipinski definition) is 1. The van der Waals surface area contributed by atoms with Gasteiger partial charge in [-0.3, -0.25) is 0 Å². The summed E-state index contributed by atoms with van der Waals surface area (Å²) in [6.07, 6.45) is 2.70. The summed E-state index contributed by atoms with van der Waals surface area (Å²) in [5.74, 6) is 0. The molecule has 3 unspecified atom stereocenters. The van der Waals surface area contributed by atoms with Gasteiger partial charge in [0.05, 0.1) is 6.10 Å². The third-order valence-electron chi connectivity index (χ3n) is 4.33. The second kappa shape index (κ2) is 5.94. The van der Waals surface area contributed by atoms with Crippen LogP contribution in [0.1, 0.15) is 43.9 Å². The molecule has 3 atom stereocenters. The molecular formula is C16H27NOS. The second-order valence-electron chi connectivity index (χ2n) is 6.34. The van der Waals surface area contributed by atoms with Gasteiger partial charge in [-0.05, 0) is 45.7 Å². The maximum absolute atomic E-state index is 5.79. The quantitative estimate of drug-likeness (QED) is 0.857. The number of rotatable bonds is 6. The molecule has 0 aromatic carbocycles. The van der Waals surface area contributed by atoms with Crippen LogP contribution in [0.2, 0.25) is 0 Å². The molecule has 1 heterocycles. The highest BCUT2D eigenvalue weighted by molar-refractivity contribution is 7.11. The van der Waals surface area contributed by atoms with Gasteiger partial charge in [0, 0.05) is 33.9 Å². The van der Waals surface area contributed by atoms with Crippen molar-refractivity contribution in [3.63, 3.8) is 0 Å². The molecule has 0 amide bonds. The normalized spacial score (nSPS) is 27.0. The van der Waals surface area contributed by atoms with Gasteiger partial charge in [-0.25, -0.2) is 0 Å². The number of ether oxygens (including phenoxy) is 1. The van der Waals surface area contributed by atoms with Gasteiger partial charge in [0.25, 0.3) is 0 Å². The van der Waals surface area contributed by atoms with Crippen LogP contribution in [0.3, 0.4) is 0 Å². The Morgan fingerprint density at radius 3 is 2.74 bits per heavy atom. The highest BCUT2D eigenvalue weighted by atomic mass is 32.1. The zero-order valence-electron chi connectivity index (χ0n) is 12.8. The summed E-state index contributed by atoms with van der Waals surface area (Å²) in [4.78, 5) is 2.89. The molecule has 0 bridgehead atoms. The average molecular weight is 281 g/mol. The lowest BCUT2D eigenvalue weighted by molar-refractivity contribution is -0.116. The van der Waals surface area contributed by atoms with Crippen LogP contribution >= 0.6 is 11.3 Å². The Bertz CT molecular complexity index is 413. The summed E-state index contributed by atoms with van der Waals surface area (Å²) in [6, 6.07) is 5.59. The summed E-state index contributed by atoms with van der Waals surface area (Å²) in [5.41, 5.74) is 0.260. The van der Waals surface area contributed by atoms with Crippen molar-refractivity contribution in [2.24, 2.45) is 5.41 Å². The van der Waals surface area contributed by atoms with Crippen LogP contribution in [-0.2, 0) is 11.2 Å². The SMILES string of the molecule is CCOC1CC(NC(C)Cc2ccc(C)s2)C1(C)C. The van der Waals surface area contributed by atoms with E-state index in [2.05, 4.69) is 52.1 Å². The Balaban J connectivity index is 1.82. The Morgan fingerprint density at radius 1 is 1.47 bits per heavy atom. The molecule has 1 saturated carbocycles. The lowest BCUT2D eigenvalue weighted by Gasteiger charge is -2.52. The van der Waals surface area contributed by atoms with Crippen LogP contribution in [0.4, 0.5) is 0 Å². The first-order chi connectivity index (χ1) is 8.93. The predicted molar refractivity (Wildman–Crippen MR) is 83.0 cm³/mol. The maximum atomic E-state index is 5.79. The topological polar surface area (TPSA) is 21.3 Å². The Kier molecular flexibility index (Phi) is 4.70. The van der Waals surface area contributed by atoms with Gasteiger partial charge in [-0.1, -0.05) is 13.8 Å². The smallest absolute Gasteiger partial charge is 0.0655 e. The molecule has 2 rings (SSSR count). The first-order valence-corrected chi connectivity index (χ1v) is 8.18. The van der Waals surface area contributed by atoms with Gasteiger partial charge in [0.2, 0.25) is 0 Å². The van der Waals surface area contributed by atoms with Gasteiger partial charge in [0.15, 0.2) is 0 Å². The van der Waals surface area contributed by atoms with Crippen LogP contribution in [-0.4, -0.2) is 24.8 Å². The average Bonchev–Trinajstić information content (AvgIpc) is 2.73. The van der Waals surface area contributed by atoms with Crippen LogP contribution < -0.4 is 5.32 Å². The first-order valence-electron chi connectivity index (χ1n) is 7.36. The van der Waals surface area contributed by atoms with Crippen molar-refractivity contribution in [3.05, 3.63) is 21.9 Å². The molecule has 2 nitrogen and oxygen atoms in total. The summed E-state index contributed by atoms with van der Waals surface area (Å²) in [7, 11) is 0. The van der Waals surface area contributed by atoms with E-state index < -0.39 is 0 Å². The third-order valence-corrected chi connectivity index (χ3v) is 5.36. The molecule has 3 heteroatoms. The molecule has 0 radical (unpaired) electrons. The Labute approximate surface area is 121 Å². The number of thiophene rings is 1. The fourth-order valence-electron chi connectivity index (χ4n) is 2.95. The highest BCUT2D eigenvalue weighted by Gasteiger charge is 2.48. The standard InChI is InChI=1S/C16H27NOS/c1-6-18-15-10-14(16(15,4)5)17-11(2)9-13-8-7-12(3)19-13/h7-8,11,14-15,17H,6,9-10H2,1-5H3.